The molecule has 0 amide bonds. The SMILES string of the molecule is Cc1ccc(Cc2nc3nc4c(c(Nc5ccc(C)cc5)n3n2)CCCC4)cc1. The van der Waals surface area contributed by atoms with Crippen LogP contribution in [-0.4, -0.2) is 19.6 Å². The fourth-order valence-electron chi connectivity index (χ4n) is 3.95. The van der Waals surface area contributed by atoms with E-state index in [1.165, 1.54) is 35.1 Å². The van der Waals surface area contributed by atoms with E-state index in [0.717, 1.165) is 35.9 Å². The van der Waals surface area contributed by atoms with Crippen LogP contribution in [0, 0.1) is 13.8 Å². The molecule has 5 heteroatoms. The minimum Gasteiger partial charge on any atom is -0.340 e. The van der Waals surface area contributed by atoms with Crippen molar-refractivity contribution < 1.29 is 0 Å². The lowest BCUT2D eigenvalue weighted by molar-refractivity contribution is 0.662. The summed E-state index contributed by atoms with van der Waals surface area (Å²) in [5.74, 6) is 2.49. The Labute approximate surface area is 170 Å². The van der Waals surface area contributed by atoms with Crippen LogP contribution in [0.3, 0.4) is 0 Å². The van der Waals surface area contributed by atoms with Gasteiger partial charge in [-0.25, -0.2) is 4.98 Å². The summed E-state index contributed by atoms with van der Waals surface area (Å²) in [6.45, 7) is 4.20. The number of fused-ring (bicyclic) bond motifs is 2. The van der Waals surface area contributed by atoms with E-state index in [4.69, 9.17) is 15.1 Å². The number of rotatable bonds is 4. The zero-order chi connectivity index (χ0) is 19.8. The molecule has 2 aromatic heterocycles. The summed E-state index contributed by atoms with van der Waals surface area (Å²) in [6.07, 6.45) is 5.12. The molecule has 4 aromatic rings. The summed E-state index contributed by atoms with van der Waals surface area (Å²) in [7, 11) is 0. The smallest absolute Gasteiger partial charge is 0.254 e. The summed E-state index contributed by atoms with van der Waals surface area (Å²) in [5, 5.41) is 8.44. The van der Waals surface area contributed by atoms with Gasteiger partial charge in [0.1, 0.15) is 5.82 Å². The zero-order valence-electron chi connectivity index (χ0n) is 16.9. The molecule has 0 saturated heterocycles. The van der Waals surface area contributed by atoms with Crippen LogP contribution in [0.1, 0.15) is 46.6 Å². The first-order valence-corrected chi connectivity index (χ1v) is 10.3. The molecule has 2 heterocycles. The standard InChI is InChI=1S/C24H25N5/c1-16-7-11-18(12-8-16)15-22-27-24-26-21-6-4-3-5-20(21)23(29(24)28-22)25-19-13-9-17(2)10-14-19/h7-14,25H,3-6,15H2,1-2H3. The molecule has 0 saturated carbocycles. The van der Waals surface area contributed by atoms with Crippen LogP contribution < -0.4 is 5.32 Å². The Morgan fingerprint density at radius 3 is 2.31 bits per heavy atom. The van der Waals surface area contributed by atoms with Gasteiger partial charge in [-0.2, -0.15) is 9.50 Å². The van der Waals surface area contributed by atoms with Gasteiger partial charge in [0.05, 0.1) is 5.69 Å². The molecule has 1 aliphatic carbocycles. The number of hydrogen-bond donors (Lipinski definition) is 1. The second kappa shape index (κ2) is 7.32. The summed E-state index contributed by atoms with van der Waals surface area (Å²) in [5.41, 5.74) is 7.22. The number of nitrogens with zero attached hydrogens (tertiary/aromatic N) is 4. The third-order valence-corrected chi connectivity index (χ3v) is 5.60. The Balaban J connectivity index is 1.57. The molecule has 1 N–H and O–H groups in total. The molecule has 0 unspecified atom stereocenters. The molecule has 0 bridgehead atoms. The molecule has 5 nitrogen and oxygen atoms in total. The van der Waals surface area contributed by atoms with E-state index < -0.39 is 0 Å². The highest BCUT2D eigenvalue weighted by Crippen LogP contribution is 2.29. The van der Waals surface area contributed by atoms with Crippen molar-refractivity contribution >= 4 is 17.3 Å². The highest BCUT2D eigenvalue weighted by molar-refractivity contribution is 5.63. The Morgan fingerprint density at radius 2 is 1.55 bits per heavy atom. The van der Waals surface area contributed by atoms with Gasteiger partial charge in [-0.15, -0.1) is 5.10 Å². The number of aromatic nitrogens is 4. The molecule has 1 aliphatic rings. The highest BCUT2D eigenvalue weighted by atomic mass is 15.4. The van der Waals surface area contributed by atoms with Crippen molar-refractivity contribution in [3.05, 3.63) is 82.3 Å². The second-order valence-electron chi connectivity index (χ2n) is 7.99. The average molecular weight is 383 g/mol. The van der Waals surface area contributed by atoms with E-state index in [9.17, 15) is 0 Å². The number of nitrogens with one attached hydrogen (secondary N) is 1. The first-order valence-electron chi connectivity index (χ1n) is 10.3. The quantitative estimate of drug-likeness (QED) is 0.541. The minimum atomic E-state index is 0.683. The molecule has 146 valence electrons. The Kier molecular flexibility index (Phi) is 4.51. The van der Waals surface area contributed by atoms with Crippen LogP contribution in [0.25, 0.3) is 5.78 Å². The third kappa shape index (κ3) is 3.60. The maximum atomic E-state index is 4.86. The Bertz CT molecular complexity index is 1160. The summed E-state index contributed by atoms with van der Waals surface area (Å²) >= 11 is 0. The number of aryl methyl sites for hydroxylation is 3. The topological polar surface area (TPSA) is 55.1 Å². The average Bonchev–Trinajstić information content (AvgIpc) is 3.13. The van der Waals surface area contributed by atoms with Crippen molar-refractivity contribution in [3.8, 4) is 0 Å². The van der Waals surface area contributed by atoms with Crippen LogP contribution in [0.15, 0.2) is 48.5 Å². The first-order chi connectivity index (χ1) is 14.2. The van der Waals surface area contributed by atoms with Gasteiger partial charge in [-0.1, -0.05) is 47.5 Å². The predicted molar refractivity (Wildman–Crippen MR) is 116 cm³/mol. The van der Waals surface area contributed by atoms with Crippen molar-refractivity contribution in [2.24, 2.45) is 0 Å². The van der Waals surface area contributed by atoms with Gasteiger partial charge >= 0.3 is 0 Å². The van der Waals surface area contributed by atoms with Crippen LogP contribution >= 0.6 is 0 Å². The van der Waals surface area contributed by atoms with Gasteiger partial charge < -0.3 is 5.32 Å². The second-order valence-corrected chi connectivity index (χ2v) is 7.99. The molecule has 0 aliphatic heterocycles. The molecule has 5 rings (SSSR count). The lowest BCUT2D eigenvalue weighted by atomic mass is 9.96. The zero-order valence-corrected chi connectivity index (χ0v) is 16.9. The largest absolute Gasteiger partial charge is 0.340 e. The van der Waals surface area contributed by atoms with Crippen molar-refractivity contribution in [1.29, 1.82) is 0 Å². The van der Waals surface area contributed by atoms with Crippen molar-refractivity contribution in [1.82, 2.24) is 19.6 Å². The summed E-state index contributed by atoms with van der Waals surface area (Å²) in [6, 6.07) is 17.0. The van der Waals surface area contributed by atoms with Crippen molar-refractivity contribution in [2.45, 2.75) is 46.0 Å². The summed E-state index contributed by atoms with van der Waals surface area (Å²) < 4.78 is 1.90. The molecule has 2 aromatic carbocycles. The third-order valence-electron chi connectivity index (χ3n) is 5.60. The van der Waals surface area contributed by atoms with Gasteiger partial charge in [0.25, 0.3) is 5.78 Å². The highest BCUT2D eigenvalue weighted by Gasteiger charge is 2.21. The molecular weight excluding hydrogens is 358 g/mol. The normalized spacial score (nSPS) is 13.4. The van der Waals surface area contributed by atoms with E-state index in [1.54, 1.807) is 0 Å². The fourth-order valence-corrected chi connectivity index (χ4v) is 3.95. The van der Waals surface area contributed by atoms with Crippen molar-refractivity contribution in [2.75, 3.05) is 5.32 Å². The van der Waals surface area contributed by atoms with Crippen LogP contribution in [0.4, 0.5) is 11.5 Å². The van der Waals surface area contributed by atoms with Gasteiger partial charge in [0, 0.05) is 17.7 Å². The molecule has 0 atom stereocenters. The van der Waals surface area contributed by atoms with E-state index >= 15 is 0 Å². The number of benzene rings is 2. The van der Waals surface area contributed by atoms with Gasteiger partial charge in [0.15, 0.2) is 5.82 Å². The van der Waals surface area contributed by atoms with E-state index in [1.807, 2.05) is 4.52 Å². The minimum absolute atomic E-state index is 0.683. The Hall–Kier alpha value is -3.21. The lowest BCUT2D eigenvalue weighted by Crippen LogP contribution is -2.13. The van der Waals surface area contributed by atoms with E-state index in [0.29, 0.717) is 12.2 Å². The fraction of sp³-hybridized carbons (Fsp3) is 0.292. The predicted octanol–water partition coefficient (Wildman–Crippen LogP) is 4.95. The maximum Gasteiger partial charge on any atom is 0.254 e. The van der Waals surface area contributed by atoms with Gasteiger partial charge in [-0.3, -0.25) is 0 Å². The van der Waals surface area contributed by atoms with E-state index in [2.05, 4.69) is 67.7 Å². The van der Waals surface area contributed by atoms with E-state index in [-0.39, 0.29) is 0 Å². The molecule has 0 fully saturated rings. The van der Waals surface area contributed by atoms with Crippen LogP contribution in [0.5, 0.6) is 0 Å². The van der Waals surface area contributed by atoms with Crippen LogP contribution in [0.2, 0.25) is 0 Å². The monoisotopic (exact) mass is 383 g/mol. The molecule has 0 radical (unpaired) electrons. The maximum absolute atomic E-state index is 4.86. The van der Waals surface area contributed by atoms with Crippen molar-refractivity contribution in [3.63, 3.8) is 0 Å². The summed E-state index contributed by atoms with van der Waals surface area (Å²) in [4.78, 5) is 9.61. The lowest BCUT2D eigenvalue weighted by Gasteiger charge is -2.20. The number of anilines is 2. The first kappa shape index (κ1) is 17.9. The molecule has 0 spiro atoms. The van der Waals surface area contributed by atoms with Crippen LogP contribution in [-0.2, 0) is 19.3 Å². The molecular formula is C24H25N5. The number of hydrogen-bond acceptors (Lipinski definition) is 4. The molecule has 29 heavy (non-hydrogen) atoms. The Morgan fingerprint density at radius 1 is 0.862 bits per heavy atom. The van der Waals surface area contributed by atoms with Gasteiger partial charge in [0.2, 0.25) is 0 Å². The van der Waals surface area contributed by atoms with Gasteiger partial charge in [-0.05, 0) is 57.2 Å².